The fourth-order valence-corrected chi connectivity index (χ4v) is 6.29. The van der Waals surface area contributed by atoms with Crippen molar-refractivity contribution < 1.29 is 18.7 Å². The second-order valence-corrected chi connectivity index (χ2v) is 15.0. The van der Waals surface area contributed by atoms with Gasteiger partial charge in [-0.2, -0.15) is 9.97 Å². The number of carbonyl (C=O) groups excluding carboxylic acids is 1. The molecule has 0 radical (unpaired) electrons. The smallest absolute Gasteiger partial charge is 0.318 e. The van der Waals surface area contributed by atoms with Crippen molar-refractivity contribution >= 4 is 20.1 Å². The molecule has 1 saturated heterocycles. The Morgan fingerprint density at radius 2 is 1.94 bits per heavy atom. The van der Waals surface area contributed by atoms with Crippen LogP contribution < -0.4 is 15.0 Å². The molecule has 1 aliphatic carbocycles. The van der Waals surface area contributed by atoms with Crippen LogP contribution in [0.4, 0.5) is 5.82 Å². The summed E-state index contributed by atoms with van der Waals surface area (Å²) in [7, 11) is -1.65. The van der Waals surface area contributed by atoms with E-state index in [1.165, 1.54) is 12.5 Å². The van der Waals surface area contributed by atoms with Crippen molar-refractivity contribution in [3.05, 3.63) is 11.3 Å². The molecule has 31 heavy (non-hydrogen) atoms. The molecular formula is C22H36N4O4Si. The van der Waals surface area contributed by atoms with Crippen LogP contribution in [0.25, 0.3) is 0 Å². The first-order valence-electron chi connectivity index (χ1n) is 11.4. The Kier molecular flexibility index (Phi) is 6.04. The van der Waals surface area contributed by atoms with E-state index in [-0.39, 0.29) is 17.0 Å². The van der Waals surface area contributed by atoms with Crippen LogP contribution in [0.3, 0.4) is 0 Å². The minimum absolute atomic E-state index is 0.0820. The van der Waals surface area contributed by atoms with Crippen molar-refractivity contribution in [2.24, 2.45) is 5.41 Å². The number of fused-ring (bicyclic) bond motifs is 1. The molecule has 0 aromatic carbocycles. The summed E-state index contributed by atoms with van der Waals surface area (Å²) in [5, 5.41) is 3.40. The Morgan fingerprint density at radius 3 is 2.61 bits per heavy atom. The molecule has 0 unspecified atom stereocenters. The maximum absolute atomic E-state index is 11.2. The Bertz CT molecular complexity index is 840. The lowest BCUT2D eigenvalue weighted by Gasteiger charge is -2.44. The number of hydrogen-bond acceptors (Lipinski definition) is 8. The van der Waals surface area contributed by atoms with Crippen molar-refractivity contribution in [2.45, 2.75) is 77.9 Å². The first-order chi connectivity index (χ1) is 14.6. The minimum Gasteiger partial charge on any atom is -0.465 e. The van der Waals surface area contributed by atoms with Gasteiger partial charge in [-0.3, -0.25) is 4.79 Å². The Balaban J connectivity index is 1.50. The van der Waals surface area contributed by atoms with E-state index in [1.54, 1.807) is 0 Å². The monoisotopic (exact) mass is 448 g/mol. The second-order valence-electron chi connectivity index (χ2n) is 10.6. The van der Waals surface area contributed by atoms with Crippen LogP contribution in [0.2, 0.25) is 19.6 Å². The number of aromatic nitrogens is 2. The lowest BCUT2D eigenvalue weighted by Crippen LogP contribution is -2.52. The van der Waals surface area contributed by atoms with Gasteiger partial charge in [0.15, 0.2) is 8.32 Å². The molecule has 8 nitrogen and oxygen atoms in total. The standard InChI is InChI=1S/C22H36N4O4Si/c1-16(27)28-14-22(8-9-22)15-29-20-24-18-12-23-11-17(18)19(25-20)26-10-6-7-21(2,13-26)30-31(3,4)5/h23H,6-15H2,1-5H3/t21-/m1/s1. The van der Waals surface area contributed by atoms with Crippen molar-refractivity contribution in [3.8, 4) is 6.01 Å². The van der Waals surface area contributed by atoms with Crippen LogP contribution in [-0.2, 0) is 27.0 Å². The van der Waals surface area contributed by atoms with Crippen LogP contribution in [-0.4, -0.2) is 56.2 Å². The van der Waals surface area contributed by atoms with Crippen molar-refractivity contribution in [3.63, 3.8) is 0 Å². The molecule has 4 rings (SSSR count). The highest BCUT2D eigenvalue weighted by molar-refractivity contribution is 6.69. The number of nitrogens with zero attached hydrogens (tertiary/aromatic N) is 3. The highest BCUT2D eigenvalue weighted by Gasteiger charge is 2.45. The predicted molar refractivity (Wildman–Crippen MR) is 121 cm³/mol. The summed E-state index contributed by atoms with van der Waals surface area (Å²) in [5.74, 6) is 0.724. The molecule has 1 atom stereocenters. The zero-order valence-electron chi connectivity index (χ0n) is 19.5. The van der Waals surface area contributed by atoms with E-state index in [0.29, 0.717) is 19.2 Å². The predicted octanol–water partition coefficient (Wildman–Crippen LogP) is 3.01. The van der Waals surface area contributed by atoms with E-state index < -0.39 is 8.32 Å². The molecule has 2 aliphatic heterocycles. The first kappa shape index (κ1) is 22.5. The third kappa shape index (κ3) is 5.56. The normalized spacial score (nSPS) is 24.6. The van der Waals surface area contributed by atoms with E-state index >= 15 is 0 Å². The Hall–Kier alpha value is -1.71. The third-order valence-corrected chi connectivity index (χ3v) is 7.31. The molecule has 3 aliphatic rings. The fourth-order valence-electron chi connectivity index (χ4n) is 4.64. The number of nitrogens with one attached hydrogen (secondary N) is 1. The van der Waals surface area contributed by atoms with Gasteiger partial charge < -0.3 is 24.1 Å². The number of ether oxygens (including phenoxy) is 2. The summed E-state index contributed by atoms with van der Waals surface area (Å²) in [6.45, 7) is 14.6. The van der Waals surface area contributed by atoms with E-state index in [0.717, 1.165) is 63.4 Å². The summed E-state index contributed by atoms with van der Waals surface area (Å²) >= 11 is 0. The molecule has 172 valence electrons. The molecule has 0 bridgehead atoms. The molecular weight excluding hydrogens is 412 g/mol. The van der Waals surface area contributed by atoms with Crippen LogP contribution in [0.5, 0.6) is 6.01 Å². The number of anilines is 1. The first-order valence-corrected chi connectivity index (χ1v) is 14.8. The zero-order chi connectivity index (χ0) is 22.3. The lowest BCUT2D eigenvalue weighted by molar-refractivity contribution is -0.143. The number of esters is 1. The van der Waals surface area contributed by atoms with E-state index in [1.807, 2.05) is 0 Å². The van der Waals surface area contributed by atoms with Gasteiger partial charge in [0.25, 0.3) is 0 Å². The van der Waals surface area contributed by atoms with E-state index in [4.69, 9.17) is 18.9 Å². The highest BCUT2D eigenvalue weighted by Crippen LogP contribution is 2.46. The zero-order valence-corrected chi connectivity index (χ0v) is 20.5. The molecule has 9 heteroatoms. The summed E-state index contributed by atoms with van der Waals surface area (Å²) < 4.78 is 17.9. The maximum Gasteiger partial charge on any atom is 0.318 e. The van der Waals surface area contributed by atoms with Gasteiger partial charge in [0.05, 0.1) is 11.3 Å². The topological polar surface area (TPSA) is 85.8 Å². The van der Waals surface area contributed by atoms with Gasteiger partial charge in [0.1, 0.15) is 19.0 Å². The number of rotatable bonds is 8. The number of piperidine rings is 1. The van der Waals surface area contributed by atoms with Gasteiger partial charge in [-0.05, 0) is 52.2 Å². The number of hydrogen-bond donors (Lipinski definition) is 1. The molecule has 1 aromatic heterocycles. The van der Waals surface area contributed by atoms with Crippen molar-refractivity contribution in [1.29, 1.82) is 0 Å². The minimum atomic E-state index is -1.65. The summed E-state index contributed by atoms with van der Waals surface area (Å²) in [5.41, 5.74) is 1.95. The average Bonchev–Trinajstić information content (AvgIpc) is 3.29. The molecule has 3 heterocycles. The quantitative estimate of drug-likeness (QED) is 0.480. The third-order valence-electron chi connectivity index (χ3n) is 6.20. The molecule has 0 amide bonds. The van der Waals surface area contributed by atoms with Gasteiger partial charge >= 0.3 is 12.0 Å². The number of carbonyl (C=O) groups is 1. The van der Waals surface area contributed by atoms with Gasteiger partial charge in [0.2, 0.25) is 0 Å². The van der Waals surface area contributed by atoms with Crippen LogP contribution >= 0.6 is 0 Å². The van der Waals surface area contributed by atoms with Crippen molar-refractivity contribution in [2.75, 3.05) is 31.2 Å². The Labute approximate surface area is 186 Å². The highest BCUT2D eigenvalue weighted by atomic mass is 28.4. The molecule has 2 fully saturated rings. The second kappa shape index (κ2) is 8.33. The van der Waals surface area contributed by atoms with Crippen LogP contribution in [0, 0.1) is 5.41 Å². The van der Waals surface area contributed by atoms with Crippen LogP contribution in [0.15, 0.2) is 0 Å². The van der Waals surface area contributed by atoms with E-state index in [2.05, 4.69) is 41.8 Å². The lowest BCUT2D eigenvalue weighted by atomic mass is 9.95. The van der Waals surface area contributed by atoms with Gasteiger partial charge in [0, 0.05) is 44.1 Å². The van der Waals surface area contributed by atoms with Crippen LogP contribution in [0.1, 0.15) is 50.8 Å². The van der Waals surface area contributed by atoms with Gasteiger partial charge in [-0.25, -0.2) is 0 Å². The van der Waals surface area contributed by atoms with Gasteiger partial charge in [-0.1, -0.05) is 0 Å². The summed E-state index contributed by atoms with van der Waals surface area (Å²) in [4.78, 5) is 23.1. The van der Waals surface area contributed by atoms with Crippen molar-refractivity contribution in [1.82, 2.24) is 15.3 Å². The SMILES string of the molecule is CC(=O)OCC1(COc2nc3c(c(N4CCC[C@@](C)(O[Si](C)(C)C)C4)n2)CNC3)CC1. The van der Waals surface area contributed by atoms with E-state index in [9.17, 15) is 4.79 Å². The molecule has 1 N–H and O–H groups in total. The Morgan fingerprint density at radius 1 is 1.16 bits per heavy atom. The largest absolute Gasteiger partial charge is 0.465 e. The molecule has 0 spiro atoms. The average molecular weight is 449 g/mol. The summed E-state index contributed by atoms with van der Waals surface area (Å²) in [6, 6.07) is 0.421. The summed E-state index contributed by atoms with van der Waals surface area (Å²) in [6.07, 6.45) is 4.15. The molecule has 1 aromatic rings. The maximum atomic E-state index is 11.2. The van der Waals surface area contributed by atoms with Gasteiger partial charge in [-0.15, -0.1) is 0 Å². The molecule has 1 saturated carbocycles. The fraction of sp³-hybridized carbons (Fsp3) is 0.773.